The molecule has 0 spiro atoms. The van der Waals surface area contributed by atoms with Gasteiger partial charge in [-0.1, -0.05) is 22.9 Å². The number of nitrogens with one attached hydrogen (secondary N) is 1. The molecule has 0 fully saturated rings. The predicted octanol–water partition coefficient (Wildman–Crippen LogP) is 1.02. The van der Waals surface area contributed by atoms with Crippen molar-refractivity contribution in [3.63, 3.8) is 0 Å². The lowest BCUT2D eigenvalue weighted by atomic mass is 10.1. The smallest absolute Gasteiger partial charge is 0.358 e. The Balaban J connectivity index is 1.92. The van der Waals surface area contributed by atoms with Gasteiger partial charge in [-0.15, -0.1) is 5.10 Å². The first-order chi connectivity index (χ1) is 9.97. The van der Waals surface area contributed by atoms with Gasteiger partial charge in [-0.2, -0.15) is 0 Å². The van der Waals surface area contributed by atoms with Gasteiger partial charge in [0.2, 0.25) is 0 Å². The highest BCUT2D eigenvalue weighted by atomic mass is 16.4. The maximum Gasteiger partial charge on any atom is 0.358 e. The lowest BCUT2D eigenvalue weighted by molar-refractivity contribution is 0.0690. The lowest BCUT2D eigenvalue weighted by Gasteiger charge is -2.08. The zero-order valence-corrected chi connectivity index (χ0v) is 11.8. The van der Waals surface area contributed by atoms with Gasteiger partial charge in [-0.3, -0.25) is 4.79 Å². The molecule has 0 saturated carbocycles. The van der Waals surface area contributed by atoms with Crippen molar-refractivity contribution in [2.24, 2.45) is 0 Å². The predicted molar refractivity (Wildman–Crippen MR) is 75.2 cm³/mol. The Morgan fingerprint density at radius 1 is 1.33 bits per heavy atom. The molecule has 0 atom stereocenters. The number of carboxylic acid groups (broad SMARTS) is 1. The van der Waals surface area contributed by atoms with E-state index in [-0.39, 0.29) is 11.6 Å². The van der Waals surface area contributed by atoms with Crippen molar-refractivity contribution < 1.29 is 14.7 Å². The normalized spacial score (nSPS) is 10.4. The molecule has 1 amide bonds. The second kappa shape index (κ2) is 6.17. The van der Waals surface area contributed by atoms with Crippen molar-refractivity contribution in [2.45, 2.75) is 20.4 Å². The number of aromatic nitrogens is 3. The Labute approximate surface area is 121 Å². The minimum Gasteiger partial charge on any atom is -0.476 e. The fourth-order valence-electron chi connectivity index (χ4n) is 1.87. The van der Waals surface area contributed by atoms with Crippen LogP contribution in [0.2, 0.25) is 0 Å². The van der Waals surface area contributed by atoms with Gasteiger partial charge in [0.25, 0.3) is 5.91 Å². The highest BCUT2D eigenvalue weighted by molar-refractivity contribution is 5.95. The molecule has 7 nitrogen and oxygen atoms in total. The number of hydrogen-bond donors (Lipinski definition) is 2. The minimum absolute atomic E-state index is 0.115. The topological polar surface area (TPSA) is 97.1 Å². The molecule has 1 aromatic heterocycles. The Morgan fingerprint density at radius 3 is 2.76 bits per heavy atom. The molecule has 2 aromatic rings. The van der Waals surface area contributed by atoms with Crippen LogP contribution >= 0.6 is 0 Å². The van der Waals surface area contributed by atoms with E-state index in [1.165, 1.54) is 10.9 Å². The summed E-state index contributed by atoms with van der Waals surface area (Å²) in [6.45, 7) is 4.51. The van der Waals surface area contributed by atoms with Gasteiger partial charge >= 0.3 is 5.97 Å². The molecule has 0 bridgehead atoms. The zero-order chi connectivity index (χ0) is 15.4. The quantitative estimate of drug-likeness (QED) is 0.856. The number of rotatable bonds is 5. The number of amides is 1. The summed E-state index contributed by atoms with van der Waals surface area (Å²) in [5.41, 5.74) is 2.45. The van der Waals surface area contributed by atoms with E-state index in [0.29, 0.717) is 18.7 Å². The first kappa shape index (κ1) is 14.7. The summed E-state index contributed by atoms with van der Waals surface area (Å²) in [4.78, 5) is 22.7. The minimum atomic E-state index is -1.12. The number of nitrogens with zero attached hydrogens (tertiary/aromatic N) is 3. The fraction of sp³-hybridized carbons (Fsp3) is 0.286. The van der Waals surface area contributed by atoms with Gasteiger partial charge in [0.15, 0.2) is 5.69 Å². The summed E-state index contributed by atoms with van der Waals surface area (Å²) in [7, 11) is 0. The summed E-state index contributed by atoms with van der Waals surface area (Å²) in [6.07, 6.45) is 1.33. The molecule has 0 unspecified atom stereocenters. The lowest BCUT2D eigenvalue weighted by Crippen LogP contribution is -2.28. The highest BCUT2D eigenvalue weighted by Gasteiger charge is 2.10. The third-order valence-electron chi connectivity index (χ3n) is 3.02. The van der Waals surface area contributed by atoms with Crippen LogP contribution in [0.15, 0.2) is 24.4 Å². The number of benzene rings is 1. The average molecular weight is 288 g/mol. The molecular formula is C14H16N4O3. The first-order valence-electron chi connectivity index (χ1n) is 6.46. The molecule has 0 aliphatic rings. The van der Waals surface area contributed by atoms with E-state index in [4.69, 9.17) is 5.11 Å². The summed E-state index contributed by atoms with van der Waals surface area (Å²) in [5, 5.41) is 18.7. The van der Waals surface area contributed by atoms with Gasteiger partial charge in [-0.25, -0.2) is 9.48 Å². The van der Waals surface area contributed by atoms with Gasteiger partial charge in [0.1, 0.15) is 0 Å². The van der Waals surface area contributed by atoms with Crippen LogP contribution in [-0.4, -0.2) is 38.5 Å². The molecule has 7 heteroatoms. The second-order valence-corrected chi connectivity index (χ2v) is 4.75. The Morgan fingerprint density at radius 2 is 2.10 bits per heavy atom. The molecule has 2 N–H and O–H groups in total. The summed E-state index contributed by atoms with van der Waals surface area (Å²) < 4.78 is 1.38. The van der Waals surface area contributed by atoms with E-state index in [1.807, 2.05) is 32.0 Å². The third-order valence-corrected chi connectivity index (χ3v) is 3.02. The van der Waals surface area contributed by atoms with E-state index in [1.54, 1.807) is 0 Å². The average Bonchev–Trinajstić information content (AvgIpc) is 2.90. The molecule has 0 aliphatic carbocycles. The van der Waals surface area contributed by atoms with Gasteiger partial charge in [-0.05, 0) is 25.5 Å². The molecule has 0 saturated heterocycles. The fourth-order valence-corrected chi connectivity index (χ4v) is 1.87. The summed E-state index contributed by atoms with van der Waals surface area (Å²) in [5.74, 6) is -1.28. The number of carbonyl (C=O) groups is 2. The Hall–Kier alpha value is -2.70. The van der Waals surface area contributed by atoms with Crippen LogP contribution in [0.25, 0.3) is 0 Å². The largest absolute Gasteiger partial charge is 0.476 e. The molecule has 0 radical (unpaired) electrons. The summed E-state index contributed by atoms with van der Waals surface area (Å²) >= 11 is 0. The molecule has 2 rings (SSSR count). The summed E-state index contributed by atoms with van der Waals surface area (Å²) in [6, 6.07) is 5.69. The second-order valence-electron chi connectivity index (χ2n) is 4.75. The number of hydrogen-bond acceptors (Lipinski definition) is 4. The van der Waals surface area contributed by atoms with Crippen LogP contribution in [0.5, 0.6) is 0 Å². The van der Waals surface area contributed by atoms with Crippen molar-refractivity contribution in [2.75, 3.05) is 6.54 Å². The van der Waals surface area contributed by atoms with Gasteiger partial charge in [0.05, 0.1) is 12.7 Å². The van der Waals surface area contributed by atoms with Crippen molar-refractivity contribution in [1.82, 2.24) is 20.3 Å². The van der Waals surface area contributed by atoms with E-state index < -0.39 is 5.97 Å². The van der Waals surface area contributed by atoms with Crippen LogP contribution < -0.4 is 5.32 Å². The van der Waals surface area contributed by atoms with Gasteiger partial charge < -0.3 is 10.4 Å². The van der Waals surface area contributed by atoms with Crippen LogP contribution in [-0.2, 0) is 6.54 Å². The number of carbonyl (C=O) groups excluding carboxylic acids is 1. The van der Waals surface area contributed by atoms with Gasteiger partial charge in [0, 0.05) is 12.1 Å². The molecule has 110 valence electrons. The molecule has 1 aromatic carbocycles. The van der Waals surface area contributed by atoms with E-state index in [9.17, 15) is 9.59 Å². The maximum atomic E-state index is 12.1. The van der Waals surface area contributed by atoms with Crippen molar-refractivity contribution in [3.8, 4) is 0 Å². The number of aryl methyl sites for hydroxylation is 2. The van der Waals surface area contributed by atoms with Crippen LogP contribution in [0.3, 0.4) is 0 Å². The first-order valence-corrected chi connectivity index (χ1v) is 6.46. The number of carboxylic acids is 1. The SMILES string of the molecule is Cc1ccc(C)c(C(=O)NCCn2cc(C(=O)O)nn2)c1. The van der Waals surface area contributed by atoms with Crippen LogP contribution in [0.4, 0.5) is 0 Å². The van der Waals surface area contributed by atoms with Crippen molar-refractivity contribution in [3.05, 3.63) is 46.8 Å². The Kier molecular flexibility index (Phi) is 4.32. The van der Waals surface area contributed by atoms with E-state index in [2.05, 4.69) is 15.6 Å². The maximum absolute atomic E-state index is 12.1. The number of aromatic carboxylic acids is 1. The third kappa shape index (κ3) is 3.65. The molecule has 1 heterocycles. The monoisotopic (exact) mass is 288 g/mol. The Bertz CT molecular complexity index is 679. The standard InChI is InChI=1S/C14H16N4O3/c1-9-3-4-10(2)11(7-9)13(19)15-5-6-18-8-12(14(20)21)16-17-18/h3-4,7-8H,5-6H2,1-2H3,(H,15,19)(H,20,21). The van der Waals surface area contributed by atoms with Crippen molar-refractivity contribution in [1.29, 1.82) is 0 Å². The van der Waals surface area contributed by atoms with Crippen LogP contribution in [0.1, 0.15) is 32.0 Å². The molecule has 21 heavy (non-hydrogen) atoms. The molecule has 0 aliphatic heterocycles. The molecular weight excluding hydrogens is 272 g/mol. The zero-order valence-electron chi connectivity index (χ0n) is 11.8. The highest BCUT2D eigenvalue weighted by Crippen LogP contribution is 2.10. The van der Waals surface area contributed by atoms with Crippen LogP contribution in [0, 0.1) is 13.8 Å². The van der Waals surface area contributed by atoms with E-state index >= 15 is 0 Å². The van der Waals surface area contributed by atoms with Crippen molar-refractivity contribution >= 4 is 11.9 Å². The van der Waals surface area contributed by atoms with E-state index in [0.717, 1.165) is 11.1 Å².